The fourth-order valence-electron chi connectivity index (χ4n) is 1.70. The summed E-state index contributed by atoms with van der Waals surface area (Å²) in [6.45, 7) is 6.22. The van der Waals surface area contributed by atoms with E-state index in [0.29, 0.717) is 24.2 Å². The number of carbonyl (C=O) groups is 1. The Morgan fingerprint density at radius 1 is 1.50 bits per heavy atom. The second kappa shape index (κ2) is 6.06. The van der Waals surface area contributed by atoms with E-state index >= 15 is 0 Å². The largest absolute Gasteiger partial charge is 0.398 e. The van der Waals surface area contributed by atoms with Crippen LogP contribution in [0.25, 0.3) is 0 Å². The Kier molecular flexibility index (Phi) is 4.73. The SMILES string of the molecule is Cc1ccc(C(=O)N(CCC#N)C(C)C)cc1N. The molecular formula is C14H19N3O. The Labute approximate surface area is 108 Å². The Hall–Kier alpha value is -2.02. The molecule has 0 aliphatic heterocycles. The van der Waals surface area contributed by atoms with E-state index in [1.165, 1.54) is 0 Å². The molecule has 0 spiro atoms. The van der Waals surface area contributed by atoms with Crippen molar-refractivity contribution in [2.75, 3.05) is 12.3 Å². The van der Waals surface area contributed by atoms with Crippen LogP contribution in [0.3, 0.4) is 0 Å². The Morgan fingerprint density at radius 3 is 2.67 bits per heavy atom. The number of nitriles is 1. The van der Waals surface area contributed by atoms with Gasteiger partial charge in [-0.25, -0.2) is 0 Å². The fraction of sp³-hybridized carbons (Fsp3) is 0.429. The van der Waals surface area contributed by atoms with Crippen LogP contribution in [-0.2, 0) is 0 Å². The summed E-state index contributed by atoms with van der Waals surface area (Å²) in [6.07, 6.45) is 0.339. The second-order valence-electron chi connectivity index (χ2n) is 4.57. The van der Waals surface area contributed by atoms with Crippen LogP contribution < -0.4 is 5.73 Å². The van der Waals surface area contributed by atoms with Gasteiger partial charge >= 0.3 is 0 Å². The molecule has 0 saturated heterocycles. The topological polar surface area (TPSA) is 70.1 Å². The van der Waals surface area contributed by atoms with Crippen LogP contribution >= 0.6 is 0 Å². The molecule has 18 heavy (non-hydrogen) atoms. The van der Waals surface area contributed by atoms with Crippen molar-refractivity contribution in [2.24, 2.45) is 0 Å². The summed E-state index contributed by atoms with van der Waals surface area (Å²) in [5.74, 6) is -0.0769. The maximum atomic E-state index is 12.3. The number of anilines is 1. The zero-order chi connectivity index (χ0) is 13.7. The van der Waals surface area contributed by atoms with Crippen LogP contribution in [0.5, 0.6) is 0 Å². The summed E-state index contributed by atoms with van der Waals surface area (Å²) < 4.78 is 0. The van der Waals surface area contributed by atoms with Gasteiger partial charge in [0.1, 0.15) is 0 Å². The van der Waals surface area contributed by atoms with E-state index in [0.717, 1.165) is 5.56 Å². The molecular weight excluding hydrogens is 226 g/mol. The molecule has 0 aliphatic carbocycles. The average molecular weight is 245 g/mol. The van der Waals surface area contributed by atoms with Crippen molar-refractivity contribution in [1.82, 2.24) is 4.90 Å². The standard InChI is InChI=1S/C14H19N3O/c1-10(2)17(8-4-7-15)14(18)12-6-5-11(3)13(16)9-12/h5-6,9-10H,4,8,16H2,1-3H3. The minimum absolute atomic E-state index is 0.0633. The van der Waals surface area contributed by atoms with E-state index in [4.69, 9.17) is 11.0 Å². The number of hydrogen-bond donors (Lipinski definition) is 1. The zero-order valence-electron chi connectivity index (χ0n) is 11.1. The van der Waals surface area contributed by atoms with E-state index in [1.807, 2.05) is 26.8 Å². The van der Waals surface area contributed by atoms with Crippen LogP contribution in [0.4, 0.5) is 5.69 Å². The number of benzene rings is 1. The minimum atomic E-state index is -0.0769. The predicted octanol–water partition coefficient (Wildman–Crippen LogP) is 2.34. The van der Waals surface area contributed by atoms with Gasteiger partial charge in [0, 0.05) is 23.8 Å². The van der Waals surface area contributed by atoms with Gasteiger partial charge in [-0.15, -0.1) is 0 Å². The number of amides is 1. The molecule has 2 N–H and O–H groups in total. The van der Waals surface area contributed by atoms with Gasteiger partial charge in [0.15, 0.2) is 0 Å². The normalized spacial score (nSPS) is 10.2. The van der Waals surface area contributed by atoms with E-state index in [1.54, 1.807) is 17.0 Å². The number of nitrogens with zero attached hydrogens (tertiary/aromatic N) is 2. The lowest BCUT2D eigenvalue weighted by Gasteiger charge is -2.26. The van der Waals surface area contributed by atoms with E-state index in [2.05, 4.69) is 6.07 Å². The first-order valence-corrected chi connectivity index (χ1v) is 6.01. The maximum absolute atomic E-state index is 12.3. The molecule has 0 radical (unpaired) electrons. The van der Waals surface area contributed by atoms with Crippen molar-refractivity contribution < 1.29 is 4.79 Å². The molecule has 0 aromatic heterocycles. The van der Waals surface area contributed by atoms with E-state index in [-0.39, 0.29) is 11.9 Å². The number of nitrogen functional groups attached to an aromatic ring is 1. The van der Waals surface area contributed by atoms with Gasteiger partial charge in [-0.3, -0.25) is 4.79 Å². The van der Waals surface area contributed by atoms with Gasteiger partial charge in [0.2, 0.25) is 0 Å². The van der Waals surface area contributed by atoms with Crippen LogP contribution in [-0.4, -0.2) is 23.4 Å². The van der Waals surface area contributed by atoms with Gasteiger partial charge in [-0.2, -0.15) is 5.26 Å². The van der Waals surface area contributed by atoms with Gasteiger partial charge in [-0.05, 0) is 38.5 Å². The van der Waals surface area contributed by atoms with Crippen LogP contribution in [0.2, 0.25) is 0 Å². The van der Waals surface area contributed by atoms with Crippen LogP contribution in [0.1, 0.15) is 36.2 Å². The number of carbonyl (C=O) groups excluding carboxylic acids is 1. The molecule has 1 aromatic carbocycles. The zero-order valence-corrected chi connectivity index (χ0v) is 11.1. The monoisotopic (exact) mass is 245 g/mol. The molecule has 0 bridgehead atoms. The maximum Gasteiger partial charge on any atom is 0.254 e. The Bertz CT molecular complexity index is 474. The third kappa shape index (κ3) is 3.24. The summed E-state index contributed by atoms with van der Waals surface area (Å²) >= 11 is 0. The number of aryl methyl sites for hydroxylation is 1. The molecule has 96 valence electrons. The van der Waals surface area contributed by atoms with Crippen molar-refractivity contribution in [2.45, 2.75) is 33.2 Å². The number of hydrogen-bond acceptors (Lipinski definition) is 3. The third-order valence-corrected chi connectivity index (χ3v) is 2.87. The number of rotatable bonds is 4. The summed E-state index contributed by atoms with van der Waals surface area (Å²) in [6, 6.07) is 7.43. The van der Waals surface area contributed by atoms with Crippen molar-refractivity contribution in [3.8, 4) is 6.07 Å². The minimum Gasteiger partial charge on any atom is -0.398 e. The molecule has 1 aromatic rings. The molecule has 0 atom stereocenters. The first kappa shape index (κ1) is 14.0. The first-order chi connectivity index (χ1) is 8.47. The lowest BCUT2D eigenvalue weighted by atomic mass is 10.1. The van der Waals surface area contributed by atoms with Crippen molar-refractivity contribution in [1.29, 1.82) is 5.26 Å². The predicted molar refractivity (Wildman–Crippen MR) is 72.0 cm³/mol. The molecule has 0 saturated carbocycles. The Balaban J connectivity index is 2.95. The van der Waals surface area contributed by atoms with E-state index < -0.39 is 0 Å². The fourth-order valence-corrected chi connectivity index (χ4v) is 1.70. The summed E-state index contributed by atoms with van der Waals surface area (Å²) in [5, 5.41) is 8.62. The van der Waals surface area contributed by atoms with Gasteiger partial charge in [0.25, 0.3) is 5.91 Å². The summed E-state index contributed by atoms with van der Waals surface area (Å²) in [7, 11) is 0. The lowest BCUT2D eigenvalue weighted by molar-refractivity contribution is 0.0710. The molecule has 0 unspecified atom stereocenters. The highest BCUT2D eigenvalue weighted by Gasteiger charge is 2.18. The van der Waals surface area contributed by atoms with Crippen molar-refractivity contribution in [3.05, 3.63) is 29.3 Å². The molecule has 0 aliphatic rings. The molecule has 4 nitrogen and oxygen atoms in total. The highest BCUT2D eigenvalue weighted by Crippen LogP contribution is 2.16. The Morgan fingerprint density at radius 2 is 2.17 bits per heavy atom. The van der Waals surface area contributed by atoms with Gasteiger partial charge in [0.05, 0.1) is 12.5 Å². The highest BCUT2D eigenvalue weighted by atomic mass is 16.2. The molecule has 0 heterocycles. The van der Waals surface area contributed by atoms with Crippen LogP contribution in [0, 0.1) is 18.3 Å². The second-order valence-corrected chi connectivity index (χ2v) is 4.57. The van der Waals surface area contributed by atoms with Gasteiger partial charge in [-0.1, -0.05) is 6.07 Å². The lowest BCUT2D eigenvalue weighted by Crippen LogP contribution is -2.37. The molecule has 1 amide bonds. The van der Waals surface area contributed by atoms with Crippen LogP contribution in [0.15, 0.2) is 18.2 Å². The smallest absolute Gasteiger partial charge is 0.254 e. The number of nitrogens with two attached hydrogens (primary N) is 1. The van der Waals surface area contributed by atoms with Crippen molar-refractivity contribution >= 4 is 11.6 Å². The van der Waals surface area contributed by atoms with Gasteiger partial charge < -0.3 is 10.6 Å². The molecule has 0 fully saturated rings. The quantitative estimate of drug-likeness (QED) is 0.828. The molecule has 1 rings (SSSR count). The first-order valence-electron chi connectivity index (χ1n) is 6.01. The molecule has 4 heteroatoms. The third-order valence-electron chi connectivity index (χ3n) is 2.87. The summed E-state index contributed by atoms with van der Waals surface area (Å²) in [4.78, 5) is 14.0. The van der Waals surface area contributed by atoms with Crippen molar-refractivity contribution in [3.63, 3.8) is 0 Å². The highest BCUT2D eigenvalue weighted by molar-refractivity contribution is 5.95. The summed E-state index contributed by atoms with van der Waals surface area (Å²) in [5.41, 5.74) is 7.96. The van der Waals surface area contributed by atoms with E-state index in [9.17, 15) is 4.79 Å². The average Bonchev–Trinajstić information content (AvgIpc) is 2.32.